The molecule has 0 spiro atoms. The molecule has 0 aromatic heterocycles. The van der Waals surface area contributed by atoms with Crippen LogP contribution in [0.2, 0.25) is 0 Å². The van der Waals surface area contributed by atoms with Crippen LogP contribution in [-0.2, 0) is 9.47 Å². The maximum Gasteiger partial charge on any atom is 0.243 e. The van der Waals surface area contributed by atoms with Crippen LogP contribution in [-0.4, -0.2) is 26.4 Å². The number of ether oxygens (including phenoxy) is 2. The molecule has 0 unspecified atom stereocenters. The Balaban J connectivity index is 2.00. The number of rotatable bonds is 0. The highest BCUT2D eigenvalue weighted by atomic mass is 16.6. The highest BCUT2D eigenvalue weighted by molar-refractivity contribution is 4.37. The first-order valence-corrected chi connectivity index (χ1v) is 2.15. The van der Waals surface area contributed by atoms with E-state index < -0.39 is 0 Å². The zero-order valence-electron chi connectivity index (χ0n) is 3.64. The molecule has 0 atom stereocenters. The van der Waals surface area contributed by atoms with Crippen molar-refractivity contribution in [3.05, 3.63) is 0 Å². The first-order valence-electron chi connectivity index (χ1n) is 2.15. The van der Waals surface area contributed by atoms with E-state index in [4.69, 9.17) is 9.47 Å². The molecule has 1 saturated heterocycles. The maximum atomic E-state index is 4.94. The second kappa shape index (κ2) is 2.16. The predicted octanol–water partition coefficient (Wildman–Crippen LogP) is 0.0332. The fourth-order valence-corrected chi connectivity index (χ4v) is 0.440. The Hall–Kier alpha value is -0.0800. The van der Waals surface area contributed by atoms with E-state index in [0.717, 1.165) is 26.4 Å². The van der Waals surface area contributed by atoms with E-state index in [-0.39, 0.29) is 0 Å². The molecule has 1 radical (unpaired) electrons. The normalized spacial score (nSPS) is 24.0. The van der Waals surface area contributed by atoms with Gasteiger partial charge in [-0.2, -0.15) is 0 Å². The Bertz CT molecular complexity index is 21.0. The standard InChI is InChI=1S/C4H8O2/c1-2-6-4-3-5-1/h1-4H2/q+1. The first kappa shape index (κ1) is 4.09. The van der Waals surface area contributed by atoms with E-state index in [1.165, 1.54) is 0 Å². The summed E-state index contributed by atoms with van der Waals surface area (Å²) in [6.07, 6.45) is 0. The summed E-state index contributed by atoms with van der Waals surface area (Å²) in [6.45, 7) is 3.11. The molecule has 0 aromatic carbocycles. The topological polar surface area (TPSA) is 20.5 Å². The lowest BCUT2D eigenvalue weighted by molar-refractivity contribution is -0.0334. The van der Waals surface area contributed by atoms with Crippen LogP contribution in [0.15, 0.2) is 0 Å². The van der Waals surface area contributed by atoms with Gasteiger partial charge in [0.2, 0.25) is 13.2 Å². The van der Waals surface area contributed by atoms with Crippen molar-refractivity contribution in [3.8, 4) is 0 Å². The van der Waals surface area contributed by atoms with Crippen molar-refractivity contribution in [1.29, 1.82) is 0 Å². The van der Waals surface area contributed by atoms with Crippen LogP contribution in [0.3, 0.4) is 0 Å². The van der Waals surface area contributed by atoms with Gasteiger partial charge in [0.15, 0.2) is 0 Å². The van der Waals surface area contributed by atoms with Crippen molar-refractivity contribution >= 4 is 0 Å². The Labute approximate surface area is 37.1 Å². The molecule has 0 saturated carbocycles. The van der Waals surface area contributed by atoms with Crippen LogP contribution in [0, 0.1) is 0 Å². The molecule has 1 aliphatic rings. The second-order valence-corrected chi connectivity index (χ2v) is 1.22. The lowest BCUT2D eigenvalue weighted by atomic mass is 10.6. The molecule has 1 aliphatic heterocycles. The second-order valence-electron chi connectivity index (χ2n) is 1.22. The van der Waals surface area contributed by atoms with Gasteiger partial charge in [0.1, 0.15) is 13.2 Å². The zero-order valence-corrected chi connectivity index (χ0v) is 3.64. The van der Waals surface area contributed by atoms with Crippen molar-refractivity contribution in [1.82, 2.24) is 0 Å². The third-order valence-electron chi connectivity index (χ3n) is 0.744. The lowest BCUT2D eigenvalue weighted by Gasteiger charge is -1.98. The van der Waals surface area contributed by atoms with E-state index in [9.17, 15) is 0 Å². The van der Waals surface area contributed by atoms with Gasteiger partial charge in [-0.25, -0.2) is 0 Å². The minimum atomic E-state index is 0.778. The quantitative estimate of drug-likeness (QED) is 0.389. The van der Waals surface area contributed by atoms with Gasteiger partial charge in [0, 0.05) is 0 Å². The molecule has 2 nitrogen and oxygen atoms in total. The molecular formula is C4H8O2+. The zero-order chi connectivity index (χ0) is 4.24. The summed E-state index contributed by atoms with van der Waals surface area (Å²) < 4.78 is 9.89. The molecule has 0 N–H and O–H groups in total. The molecule has 0 amide bonds. The summed E-state index contributed by atoms with van der Waals surface area (Å²) in [7, 11) is 0. The van der Waals surface area contributed by atoms with Crippen molar-refractivity contribution in [2.24, 2.45) is 0 Å². The van der Waals surface area contributed by atoms with Crippen molar-refractivity contribution in [2.45, 2.75) is 0 Å². The fraction of sp³-hybridized carbons (Fsp3) is 1.00. The van der Waals surface area contributed by atoms with E-state index >= 15 is 0 Å². The average Bonchev–Trinajstić information content (AvgIpc) is 1.72. The average molecular weight is 88.1 g/mol. The molecular weight excluding hydrogens is 80.0 g/mol. The molecule has 0 bridgehead atoms. The third kappa shape index (κ3) is 0.954. The summed E-state index contributed by atoms with van der Waals surface area (Å²) in [6, 6.07) is 0. The Morgan fingerprint density at radius 2 is 1.83 bits per heavy atom. The molecule has 1 rings (SSSR count). The van der Waals surface area contributed by atoms with Crippen LogP contribution >= 0.6 is 0 Å². The molecule has 35 valence electrons. The van der Waals surface area contributed by atoms with E-state index in [1.807, 2.05) is 0 Å². The van der Waals surface area contributed by atoms with Crippen LogP contribution in [0.5, 0.6) is 0 Å². The summed E-state index contributed by atoms with van der Waals surface area (Å²) in [5.41, 5.74) is 0. The highest BCUT2D eigenvalue weighted by Crippen LogP contribution is 1.85. The maximum absolute atomic E-state index is 4.94. The van der Waals surface area contributed by atoms with Crippen molar-refractivity contribution in [2.75, 3.05) is 26.4 Å². The van der Waals surface area contributed by atoms with Crippen LogP contribution in [0.4, 0.5) is 0 Å². The van der Waals surface area contributed by atoms with Crippen LogP contribution in [0.25, 0.3) is 0 Å². The van der Waals surface area contributed by atoms with Crippen LogP contribution < -0.4 is 0 Å². The highest BCUT2D eigenvalue weighted by Gasteiger charge is 2.06. The Morgan fingerprint density at radius 3 is 2.00 bits per heavy atom. The molecule has 6 heavy (non-hydrogen) atoms. The number of hydrogen-bond donors (Lipinski definition) is 0. The lowest BCUT2D eigenvalue weighted by Crippen LogP contribution is -2.16. The van der Waals surface area contributed by atoms with Gasteiger partial charge in [-0.1, -0.05) is 0 Å². The Kier molecular flexibility index (Phi) is 1.47. The summed E-state index contributed by atoms with van der Waals surface area (Å²) in [5.74, 6) is 0. The minimum absolute atomic E-state index is 0.778. The van der Waals surface area contributed by atoms with E-state index in [0.29, 0.717) is 0 Å². The van der Waals surface area contributed by atoms with Gasteiger partial charge in [-0.3, -0.25) is 0 Å². The summed E-state index contributed by atoms with van der Waals surface area (Å²) in [4.78, 5) is 0. The Morgan fingerprint density at radius 1 is 1.17 bits per heavy atom. The van der Waals surface area contributed by atoms with E-state index in [1.54, 1.807) is 0 Å². The SMILES string of the molecule is C1C[O+]CCO1. The van der Waals surface area contributed by atoms with Gasteiger partial charge in [0.25, 0.3) is 0 Å². The fourth-order valence-electron chi connectivity index (χ4n) is 0.440. The van der Waals surface area contributed by atoms with Gasteiger partial charge in [0.05, 0.1) is 0 Å². The van der Waals surface area contributed by atoms with E-state index in [2.05, 4.69) is 0 Å². The largest absolute Gasteiger partial charge is 0.365 e. The monoisotopic (exact) mass is 88.1 g/mol. The number of hydrogen-bond acceptors (Lipinski definition) is 2. The van der Waals surface area contributed by atoms with Gasteiger partial charge in [-0.15, -0.1) is 4.74 Å². The molecule has 0 aromatic rings. The molecule has 0 aliphatic carbocycles. The van der Waals surface area contributed by atoms with Crippen LogP contribution in [0.1, 0.15) is 0 Å². The molecule has 1 fully saturated rings. The molecule has 2 heteroatoms. The van der Waals surface area contributed by atoms with Gasteiger partial charge < -0.3 is 4.74 Å². The van der Waals surface area contributed by atoms with Crippen molar-refractivity contribution in [3.63, 3.8) is 0 Å². The first-order chi connectivity index (χ1) is 3.00. The van der Waals surface area contributed by atoms with Gasteiger partial charge >= 0.3 is 0 Å². The third-order valence-corrected chi connectivity index (χ3v) is 0.744. The molecule has 1 heterocycles. The van der Waals surface area contributed by atoms with Gasteiger partial charge in [-0.05, 0) is 0 Å². The minimum Gasteiger partial charge on any atom is -0.365 e. The summed E-state index contributed by atoms with van der Waals surface area (Å²) in [5, 5.41) is 0. The summed E-state index contributed by atoms with van der Waals surface area (Å²) >= 11 is 0. The van der Waals surface area contributed by atoms with Crippen molar-refractivity contribution < 1.29 is 9.47 Å². The smallest absolute Gasteiger partial charge is 0.243 e. The predicted molar refractivity (Wildman–Crippen MR) is 21.6 cm³/mol.